The minimum atomic E-state index is -0.543. The maximum Gasteiger partial charge on any atom is 0.309 e. The largest absolute Gasteiger partial charge is 0.462 e. The van der Waals surface area contributed by atoms with Crippen molar-refractivity contribution in [2.45, 2.75) is 239 Å². The summed E-state index contributed by atoms with van der Waals surface area (Å²) in [6, 6.07) is 0. The number of hydrogen-bond acceptors (Lipinski definition) is 6. The van der Waals surface area contributed by atoms with Gasteiger partial charge >= 0.3 is 11.9 Å². The van der Waals surface area contributed by atoms with Crippen molar-refractivity contribution in [3.63, 3.8) is 0 Å². The number of nitrogens with zero attached hydrogens (tertiary/aromatic N) is 1. The van der Waals surface area contributed by atoms with E-state index < -0.39 is 6.10 Å². The number of esters is 2. The molecule has 1 unspecified atom stereocenters. The summed E-state index contributed by atoms with van der Waals surface area (Å²) in [6.45, 7) is 12.0. The van der Waals surface area contributed by atoms with Crippen LogP contribution in [0.15, 0.2) is 0 Å². The van der Waals surface area contributed by atoms with Crippen molar-refractivity contribution in [1.29, 1.82) is 0 Å². The van der Waals surface area contributed by atoms with Crippen LogP contribution in [0.4, 0.5) is 0 Å². The number of hydrogen-bond donors (Lipinski definition) is 0. The summed E-state index contributed by atoms with van der Waals surface area (Å²) < 4.78 is 17.9. The summed E-state index contributed by atoms with van der Waals surface area (Å²) in [5.74, 6) is 1.14. The van der Waals surface area contributed by atoms with Gasteiger partial charge in [0.05, 0.1) is 12.5 Å². The maximum absolute atomic E-state index is 13.2. The van der Waals surface area contributed by atoms with E-state index in [0.717, 1.165) is 51.1 Å². The Bertz CT molecular complexity index is 800. The van der Waals surface area contributed by atoms with Crippen molar-refractivity contribution in [2.75, 3.05) is 40.0 Å². The number of ether oxygens (including phenoxy) is 3. The van der Waals surface area contributed by atoms with E-state index in [1.165, 1.54) is 167 Å². The van der Waals surface area contributed by atoms with Gasteiger partial charge in [-0.25, -0.2) is 0 Å². The molecule has 0 aromatic heterocycles. The summed E-state index contributed by atoms with van der Waals surface area (Å²) in [5.41, 5.74) is 0. The summed E-state index contributed by atoms with van der Waals surface area (Å²) in [4.78, 5) is 28.4. The van der Waals surface area contributed by atoms with Crippen LogP contribution in [-0.4, -0.2) is 62.9 Å². The van der Waals surface area contributed by atoms with Crippen molar-refractivity contribution < 1.29 is 23.8 Å². The van der Waals surface area contributed by atoms with Gasteiger partial charge in [0.15, 0.2) is 6.10 Å². The van der Waals surface area contributed by atoms with E-state index >= 15 is 0 Å². The molecule has 6 nitrogen and oxygen atoms in total. The normalized spacial score (nSPS) is 14.6. The van der Waals surface area contributed by atoms with Crippen molar-refractivity contribution >= 4 is 11.9 Å². The monoisotopic (exact) mass is 764 g/mol. The summed E-state index contributed by atoms with van der Waals surface area (Å²) in [6.07, 6.45) is 39.2. The molecular weight excluding hydrogens is 671 g/mol. The molecular formula is C48H93NO5. The highest BCUT2D eigenvalue weighted by molar-refractivity contribution is 5.73. The zero-order valence-corrected chi connectivity index (χ0v) is 37.0. The first kappa shape index (κ1) is 50.9. The number of piperidine rings is 1. The van der Waals surface area contributed by atoms with Gasteiger partial charge in [-0.2, -0.15) is 0 Å². The summed E-state index contributed by atoms with van der Waals surface area (Å²) >= 11 is 0. The Balaban J connectivity index is 2.56. The lowest BCUT2D eigenvalue weighted by atomic mass is 9.90. The van der Waals surface area contributed by atoms with Crippen LogP contribution in [0.5, 0.6) is 0 Å². The first-order valence-electron chi connectivity index (χ1n) is 24.1. The molecule has 54 heavy (non-hydrogen) atoms. The van der Waals surface area contributed by atoms with Gasteiger partial charge < -0.3 is 19.1 Å². The predicted octanol–water partition coefficient (Wildman–Crippen LogP) is 13.8. The minimum Gasteiger partial charge on any atom is -0.462 e. The minimum absolute atomic E-state index is 0.0823. The fourth-order valence-corrected chi connectivity index (χ4v) is 8.28. The zero-order chi connectivity index (χ0) is 39.3. The van der Waals surface area contributed by atoms with Crippen LogP contribution in [0, 0.1) is 17.8 Å². The lowest BCUT2D eigenvalue weighted by Crippen LogP contribution is -2.37. The second-order valence-corrected chi connectivity index (χ2v) is 17.3. The Morgan fingerprint density at radius 1 is 0.537 bits per heavy atom. The zero-order valence-electron chi connectivity index (χ0n) is 37.0. The third-order valence-electron chi connectivity index (χ3n) is 12.1. The van der Waals surface area contributed by atoms with E-state index in [-0.39, 0.29) is 24.5 Å². The molecule has 0 spiro atoms. The van der Waals surface area contributed by atoms with Gasteiger partial charge in [0, 0.05) is 13.0 Å². The van der Waals surface area contributed by atoms with Gasteiger partial charge in [0.2, 0.25) is 0 Å². The molecule has 1 heterocycles. The van der Waals surface area contributed by atoms with Crippen LogP contribution in [0.2, 0.25) is 0 Å². The molecule has 1 rings (SSSR count). The van der Waals surface area contributed by atoms with Crippen molar-refractivity contribution in [3.05, 3.63) is 0 Å². The van der Waals surface area contributed by atoms with Crippen molar-refractivity contribution in [1.82, 2.24) is 4.90 Å². The third-order valence-corrected chi connectivity index (χ3v) is 12.1. The lowest BCUT2D eigenvalue weighted by molar-refractivity contribution is -0.167. The Hall–Kier alpha value is -1.14. The average Bonchev–Trinajstić information content (AvgIpc) is 3.17. The molecule has 0 aromatic rings. The molecule has 1 atom stereocenters. The number of likely N-dealkylation sites (tertiary alicyclic amines) is 1. The molecule has 0 aliphatic carbocycles. The van der Waals surface area contributed by atoms with E-state index in [0.29, 0.717) is 25.6 Å². The molecule has 0 radical (unpaired) electrons. The molecule has 6 heteroatoms. The van der Waals surface area contributed by atoms with E-state index in [4.69, 9.17) is 14.2 Å². The quantitative estimate of drug-likeness (QED) is 0.0459. The van der Waals surface area contributed by atoms with E-state index in [2.05, 4.69) is 39.6 Å². The molecule has 0 aromatic carbocycles. The second kappa shape index (κ2) is 37.4. The van der Waals surface area contributed by atoms with Gasteiger partial charge in [-0.15, -0.1) is 0 Å². The highest BCUT2D eigenvalue weighted by Crippen LogP contribution is 2.26. The number of carbonyl (C=O) groups is 2. The molecule has 0 N–H and O–H groups in total. The molecule has 0 bridgehead atoms. The smallest absolute Gasteiger partial charge is 0.309 e. The second-order valence-electron chi connectivity index (χ2n) is 17.3. The first-order chi connectivity index (χ1) is 26.4. The number of carbonyl (C=O) groups excluding carboxylic acids is 2. The molecule has 320 valence electrons. The Morgan fingerprint density at radius 2 is 0.944 bits per heavy atom. The van der Waals surface area contributed by atoms with Crippen LogP contribution >= 0.6 is 0 Å². The third kappa shape index (κ3) is 30.1. The number of rotatable bonds is 39. The number of unbranched alkanes of at least 4 members (excludes halogenated alkanes) is 17. The van der Waals surface area contributed by atoms with Crippen molar-refractivity contribution in [3.8, 4) is 0 Å². The highest BCUT2D eigenvalue weighted by atomic mass is 16.6. The van der Waals surface area contributed by atoms with E-state index in [1.807, 2.05) is 0 Å². The fraction of sp³-hybridized carbons (Fsp3) is 0.958. The van der Waals surface area contributed by atoms with Gasteiger partial charge in [0.1, 0.15) is 6.61 Å². The fourth-order valence-electron chi connectivity index (χ4n) is 8.28. The van der Waals surface area contributed by atoms with Gasteiger partial charge in [-0.05, 0) is 64.1 Å². The van der Waals surface area contributed by atoms with E-state index in [1.54, 1.807) is 0 Å². The Morgan fingerprint density at radius 3 is 1.39 bits per heavy atom. The molecule has 1 aliphatic heterocycles. The molecule has 0 saturated carbocycles. The molecule has 1 fully saturated rings. The van der Waals surface area contributed by atoms with Gasteiger partial charge in [0.25, 0.3) is 0 Å². The molecule has 1 saturated heterocycles. The SMILES string of the molecule is CCCCCCCC(CCCCCCC)CCCCOCC(COC(=O)CCCC(CCCCCCC)CCCCCCC)OC(=O)C1CCN(C)CC1. The van der Waals surface area contributed by atoms with Crippen LogP contribution in [0.1, 0.15) is 233 Å². The van der Waals surface area contributed by atoms with Crippen LogP contribution < -0.4 is 0 Å². The summed E-state index contributed by atoms with van der Waals surface area (Å²) in [5, 5.41) is 0. The van der Waals surface area contributed by atoms with Crippen LogP contribution in [0.3, 0.4) is 0 Å². The highest BCUT2D eigenvalue weighted by Gasteiger charge is 2.28. The van der Waals surface area contributed by atoms with E-state index in [9.17, 15) is 9.59 Å². The first-order valence-corrected chi connectivity index (χ1v) is 24.1. The molecule has 0 amide bonds. The van der Waals surface area contributed by atoms with Crippen molar-refractivity contribution in [2.24, 2.45) is 17.8 Å². The average molecular weight is 764 g/mol. The Labute approximate surface area is 336 Å². The van der Waals surface area contributed by atoms with Gasteiger partial charge in [-0.1, -0.05) is 195 Å². The Kier molecular flexibility index (Phi) is 35.3. The summed E-state index contributed by atoms with van der Waals surface area (Å²) in [7, 11) is 2.10. The molecule has 1 aliphatic rings. The topological polar surface area (TPSA) is 65.1 Å². The van der Waals surface area contributed by atoms with Crippen LogP contribution in [-0.2, 0) is 23.8 Å². The standard InChI is InChI=1S/C48H93NO5/c1-6-10-14-18-22-29-43(30-23-19-15-11-7-2)33-26-27-40-52-41-46(54-48(51)45-36-38-49(5)39-37-45)42-53-47(50)35-28-34-44(31-24-20-16-12-8-3)32-25-21-17-13-9-4/h43-46H,6-42H2,1-5H3. The maximum atomic E-state index is 13.2. The predicted molar refractivity (Wildman–Crippen MR) is 230 cm³/mol. The van der Waals surface area contributed by atoms with Crippen LogP contribution in [0.25, 0.3) is 0 Å². The van der Waals surface area contributed by atoms with Gasteiger partial charge in [-0.3, -0.25) is 9.59 Å². The lowest BCUT2D eigenvalue weighted by Gasteiger charge is -2.29.